The van der Waals surface area contributed by atoms with Gasteiger partial charge >= 0.3 is 6.18 Å². The van der Waals surface area contributed by atoms with E-state index in [4.69, 9.17) is 23.2 Å². The van der Waals surface area contributed by atoms with Gasteiger partial charge in [0.25, 0.3) is 0 Å². The second-order valence-electron chi connectivity index (χ2n) is 7.44. The monoisotopic (exact) mass is 495 g/mol. The van der Waals surface area contributed by atoms with E-state index in [1.54, 1.807) is 49.5 Å². The van der Waals surface area contributed by atoms with Gasteiger partial charge in [-0.3, -0.25) is 10.1 Å². The SMILES string of the molecule is CNC(=O)C(NC(CCc1ccc(C(F)(F)F)cc1)c1cccc(Cl)n1)c1ccc(Cl)cc1. The Kier molecular flexibility index (Phi) is 8.35. The molecule has 1 heterocycles. The van der Waals surface area contributed by atoms with E-state index >= 15 is 0 Å². The van der Waals surface area contributed by atoms with Crippen LogP contribution in [0.1, 0.15) is 40.9 Å². The number of benzene rings is 2. The summed E-state index contributed by atoms with van der Waals surface area (Å²) >= 11 is 12.1. The molecule has 0 fully saturated rings. The first-order chi connectivity index (χ1) is 15.7. The Bertz CT molecular complexity index is 1070. The number of nitrogens with one attached hydrogen (secondary N) is 2. The molecular formula is C24H22Cl2F3N3O. The van der Waals surface area contributed by atoms with Gasteiger partial charge in [0.15, 0.2) is 0 Å². The topological polar surface area (TPSA) is 54.0 Å². The fourth-order valence-corrected chi connectivity index (χ4v) is 3.73. The van der Waals surface area contributed by atoms with Crippen molar-refractivity contribution in [2.24, 2.45) is 0 Å². The maximum atomic E-state index is 12.9. The Balaban J connectivity index is 1.85. The van der Waals surface area contributed by atoms with Gasteiger partial charge in [0, 0.05) is 12.1 Å². The van der Waals surface area contributed by atoms with Crippen molar-refractivity contribution < 1.29 is 18.0 Å². The maximum absolute atomic E-state index is 12.9. The molecule has 3 aromatic rings. The summed E-state index contributed by atoms with van der Waals surface area (Å²) in [4.78, 5) is 17.1. The second kappa shape index (κ2) is 11.0. The predicted molar refractivity (Wildman–Crippen MR) is 123 cm³/mol. The number of halogens is 5. The van der Waals surface area contributed by atoms with Crippen LogP contribution in [0, 0.1) is 0 Å². The van der Waals surface area contributed by atoms with Gasteiger partial charge in [-0.05, 0) is 60.4 Å². The number of likely N-dealkylation sites (N-methyl/N-ethyl adjacent to an activating group) is 1. The van der Waals surface area contributed by atoms with Gasteiger partial charge in [-0.25, -0.2) is 4.98 Å². The molecule has 2 atom stereocenters. The smallest absolute Gasteiger partial charge is 0.358 e. The largest absolute Gasteiger partial charge is 0.416 e. The highest BCUT2D eigenvalue weighted by Gasteiger charge is 2.30. The van der Waals surface area contributed by atoms with Crippen molar-refractivity contribution in [3.8, 4) is 0 Å². The number of alkyl halides is 3. The van der Waals surface area contributed by atoms with Crippen LogP contribution in [-0.2, 0) is 17.4 Å². The summed E-state index contributed by atoms with van der Waals surface area (Å²) < 4.78 is 38.6. The number of nitrogens with zero attached hydrogens (tertiary/aromatic N) is 1. The van der Waals surface area contributed by atoms with Gasteiger partial charge < -0.3 is 5.32 Å². The summed E-state index contributed by atoms with van der Waals surface area (Å²) in [6.07, 6.45) is -3.45. The van der Waals surface area contributed by atoms with Gasteiger partial charge in [-0.1, -0.05) is 53.5 Å². The molecular weight excluding hydrogens is 474 g/mol. The number of amides is 1. The minimum absolute atomic E-state index is 0.251. The van der Waals surface area contributed by atoms with E-state index in [-0.39, 0.29) is 5.91 Å². The van der Waals surface area contributed by atoms with Gasteiger partial charge in [0.2, 0.25) is 5.91 Å². The normalized spacial score (nSPS) is 13.4. The third-order valence-electron chi connectivity index (χ3n) is 5.18. The number of pyridine rings is 1. The number of carbonyl (C=O) groups is 1. The molecule has 33 heavy (non-hydrogen) atoms. The number of carbonyl (C=O) groups excluding carboxylic acids is 1. The van der Waals surface area contributed by atoms with E-state index < -0.39 is 23.8 Å². The molecule has 0 saturated carbocycles. The van der Waals surface area contributed by atoms with Gasteiger partial charge in [-0.2, -0.15) is 13.2 Å². The zero-order valence-corrected chi connectivity index (χ0v) is 19.2. The van der Waals surface area contributed by atoms with Crippen molar-refractivity contribution in [2.75, 3.05) is 7.05 Å². The number of hydrogen-bond acceptors (Lipinski definition) is 3. The maximum Gasteiger partial charge on any atom is 0.416 e. The first-order valence-corrected chi connectivity index (χ1v) is 10.9. The molecule has 1 amide bonds. The van der Waals surface area contributed by atoms with Gasteiger partial charge in [0.1, 0.15) is 11.2 Å². The molecule has 2 N–H and O–H groups in total. The van der Waals surface area contributed by atoms with E-state index in [0.717, 1.165) is 17.7 Å². The molecule has 0 aliphatic rings. The Labute approximate surface area is 200 Å². The first-order valence-electron chi connectivity index (χ1n) is 10.2. The molecule has 0 radical (unpaired) electrons. The quantitative estimate of drug-likeness (QED) is 0.368. The molecule has 2 unspecified atom stereocenters. The fourth-order valence-electron chi connectivity index (χ4n) is 3.43. The van der Waals surface area contributed by atoms with E-state index in [2.05, 4.69) is 15.6 Å². The van der Waals surface area contributed by atoms with Crippen molar-refractivity contribution in [1.29, 1.82) is 0 Å². The van der Waals surface area contributed by atoms with Crippen molar-refractivity contribution in [1.82, 2.24) is 15.6 Å². The van der Waals surface area contributed by atoms with Crippen LogP contribution >= 0.6 is 23.2 Å². The van der Waals surface area contributed by atoms with E-state index in [9.17, 15) is 18.0 Å². The van der Waals surface area contributed by atoms with Crippen LogP contribution in [0.2, 0.25) is 10.2 Å². The Morgan fingerprint density at radius 2 is 1.67 bits per heavy atom. The zero-order valence-electron chi connectivity index (χ0n) is 17.7. The van der Waals surface area contributed by atoms with Crippen molar-refractivity contribution in [2.45, 2.75) is 31.1 Å². The molecule has 0 aliphatic heterocycles. The number of rotatable bonds is 8. The van der Waals surface area contributed by atoms with Crippen LogP contribution < -0.4 is 10.6 Å². The number of aromatic nitrogens is 1. The average molecular weight is 496 g/mol. The summed E-state index contributed by atoms with van der Waals surface area (Å²) in [5.74, 6) is -0.251. The molecule has 0 spiro atoms. The van der Waals surface area contributed by atoms with Crippen LogP contribution in [0.4, 0.5) is 13.2 Å². The predicted octanol–water partition coefficient (Wildman–Crippen LogP) is 6.16. The fraction of sp³-hybridized carbons (Fsp3) is 0.250. The van der Waals surface area contributed by atoms with Crippen molar-refractivity contribution in [3.05, 3.63) is 99.3 Å². The molecule has 0 aliphatic carbocycles. The van der Waals surface area contributed by atoms with E-state index in [1.807, 2.05) is 0 Å². The lowest BCUT2D eigenvalue weighted by Crippen LogP contribution is -2.38. The first kappa shape index (κ1) is 25.0. The Morgan fingerprint density at radius 3 is 2.24 bits per heavy atom. The lowest BCUT2D eigenvalue weighted by atomic mass is 9.98. The van der Waals surface area contributed by atoms with Crippen LogP contribution in [0.25, 0.3) is 0 Å². The second-order valence-corrected chi connectivity index (χ2v) is 8.26. The third kappa shape index (κ3) is 6.93. The lowest BCUT2D eigenvalue weighted by Gasteiger charge is -2.25. The summed E-state index contributed by atoms with van der Waals surface area (Å²) in [6, 6.07) is 16.1. The third-order valence-corrected chi connectivity index (χ3v) is 5.64. The lowest BCUT2D eigenvalue weighted by molar-refractivity contribution is -0.137. The minimum atomic E-state index is -4.38. The van der Waals surface area contributed by atoms with Crippen LogP contribution in [0.15, 0.2) is 66.7 Å². The molecule has 2 aromatic carbocycles. The summed E-state index contributed by atoms with van der Waals surface area (Å²) in [7, 11) is 1.54. The molecule has 174 valence electrons. The van der Waals surface area contributed by atoms with Gasteiger partial charge in [-0.15, -0.1) is 0 Å². The van der Waals surface area contributed by atoms with E-state index in [1.165, 1.54) is 12.1 Å². The highest BCUT2D eigenvalue weighted by Crippen LogP contribution is 2.30. The average Bonchev–Trinajstić information content (AvgIpc) is 2.79. The molecule has 4 nitrogen and oxygen atoms in total. The standard InChI is InChI=1S/C24H22Cl2F3N3O/c1-30-23(33)22(16-8-12-18(25)13-9-16)32-20(19-3-2-4-21(26)31-19)14-7-15-5-10-17(11-6-15)24(27,28)29/h2-6,8-13,20,22,32H,7,14H2,1H3,(H,30,33). The molecule has 9 heteroatoms. The van der Waals surface area contributed by atoms with Crippen molar-refractivity contribution in [3.63, 3.8) is 0 Å². The molecule has 0 bridgehead atoms. The minimum Gasteiger partial charge on any atom is -0.358 e. The van der Waals surface area contributed by atoms with Crippen LogP contribution in [0.3, 0.4) is 0 Å². The Hall–Kier alpha value is -2.61. The van der Waals surface area contributed by atoms with Crippen LogP contribution in [-0.4, -0.2) is 17.9 Å². The summed E-state index contributed by atoms with van der Waals surface area (Å²) in [5.41, 5.74) is 1.37. The van der Waals surface area contributed by atoms with E-state index in [0.29, 0.717) is 34.3 Å². The number of aryl methyl sites for hydroxylation is 1. The van der Waals surface area contributed by atoms with Crippen LogP contribution in [0.5, 0.6) is 0 Å². The summed E-state index contributed by atoms with van der Waals surface area (Å²) in [6.45, 7) is 0. The number of hydrogen-bond donors (Lipinski definition) is 2. The molecule has 0 saturated heterocycles. The van der Waals surface area contributed by atoms with Crippen molar-refractivity contribution >= 4 is 29.1 Å². The van der Waals surface area contributed by atoms with Gasteiger partial charge in [0.05, 0.1) is 17.3 Å². The highest BCUT2D eigenvalue weighted by atomic mass is 35.5. The summed E-state index contributed by atoms with van der Waals surface area (Å²) in [5, 5.41) is 6.84. The zero-order chi connectivity index (χ0) is 24.0. The Morgan fingerprint density at radius 1 is 1.00 bits per heavy atom. The molecule has 3 rings (SSSR count). The molecule has 1 aromatic heterocycles. The highest BCUT2D eigenvalue weighted by molar-refractivity contribution is 6.30.